The first-order valence-electron chi connectivity index (χ1n) is 5.09. The average Bonchev–Trinajstić information content (AvgIpc) is 2.08. The summed E-state index contributed by atoms with van der Waals surface area (Å²) in [4.78, 5) is 12.0. The van der Waals surface area contributed by atoms with Crippen LogP contribution in [0.3, 0.4) is 0 Å². The number of rotatable bonds is 2. The van der Waals surface area contributed by atoms with Gasteiger partial charge in [0.1, 0.15) is 0 Å². The van der Waals surface area contributed by atoms with Crippen molar-refractivity contribution in [3.63, 3.8) is 0 Å². The second-order valence-corrected chi connectivity index (χ2v) is 5.33. The van der Waals surface area contributed by atoms with Gasteiger partial charge in [0.25, 0.3) is 0 Å². The summed E-state index contributed by atoms with van der Waals surface area (Å²) in [6.07, 6.45) is 3.22. The predicted molar refractivity (Wildman–Crippen MR) is 65.6 cm³/mol. The van der Waals surface area contributed by atoms with Gasteiger partial charge >= 0.3 is 0 Å². The highest BCUT2D eigenvalue weighted by Gasteiger charge is 2.27. The molecular weight excluding hydrogens is 275 g/mol. The maximum absolute atomic E-state index is 12.0. The molecule has 3 heteroatoms. The summed E-state index contributed by atoms with van der Waals surface area (Å²) in [5.41, 5.74) is 1.73. The fourth-order valence-corrected chi connectivity index (χ4v) is 2.54. The lowest BCUT2D eigenvalue weighted by atomic mass is 9.80. The van der Waals surface area contributed by atoms with Crippen molar-refractivity contribution in [2.45, 2.75) is 26.2 Å². The van der Waals surface area contributed by atoms with Crippen LogP contribution in [0.2, 0.25) is 5.02 Å². The van der Waals surface area contributed by atoms with Crippen molar-refractivity contribution in [3.8, 4) is 0 Å². The zero-order chi connectivity index (χ0) is 11.0. The molecule has 0 radical (unpaired) electrons. The van der Waals surface area contributed by atoms with Crippen molar-refractivity contribution in [2.75, 3.05) is 0 Å². The van der Waals surface area contributed by atoms with Crippen LogP contribution in [0.25, 0.3) is 0 Å². The maximum Gasteiger partial charge on any atom is 0.167 e. The Bertz CT molecular complexity index is 410. The van der Waals surface area contributed by atoms with Crippen LogP contribution in [0.4, 0.5) is 0 Å². The van der Waals surface area contributed by atoms with Gasteiger partial charge < -0.3 is 0 Å². The van der Waals surface area contributed by atoms with Gasteiger partial charge in [-0.05, 0) is 37.5 Å². The third kappa shape index (κ3) is 2.11. The Morgan fingerprint density at radius 3 is 2.67 bits per heavy atom. The number of hydrogen-bond donors (Lipinski definition) is 0. The molecular formula is C12H12BrClO. The van der Waals surface area contributed by atoms with Crippen LogP contribution in [0.5, 0.6) is 0 Å². The van der Waals surface area contributed by atoms with E-state index in [1.54, 1.807) is 6.07 Å². The Kier molecular flexibility index (Phi) is 3.17. The molecule has 0 amide bonds. The molecule has 0 unspecified atom stereocenters. The van der Waals surface area contributed by atoms with Gasteiger partial charge in [0, 0.05) is 21.0 Å². The summed E-state index contributed by atoms with van der Waals surface area (Å²) in [5, 5.41) is 0.667. The van der Waals surface area contributed by atoms with Gasteiger partial charge in [0.05, 0.1) is 0 Å². The quantitative estimate of drug-likeness (QED) is 0.737. The number of Topliss-reactive ketones (excluding diaryl/α,β-unsaturated/α-hetero) is 1. The third-order valence-corrected chi connectivity index (χ3v) is 4.05. The van der Waals surface area contributed by atoms with Crippen molar-refractivity contribution in [3.05, 3.63) is 32.8 Å². The first-order chi connectivity index (χ1) is 7.09. The lowest BCUT2D eigenvalue weighted by Crippen LogP contribution is -2.22. The molecule has 0 atom stereocenters. The van der Waals surface area contributed by atoms with Crippen LogP contribution < -0.4 is 0 Å². The molecule has 1 aliphatic carbocycles. The molecule has 0 aromatic heterocycles. The number of aryl methyl sites for hydroxylation is 1. The van der Waals surface area contributed by atoms with E-state index in [2.05, 4.69) is 15.9 Å². The Hall–Kier alpha value is -0.340. The number of carbonyl (C=O) groups excluding carboxylic acids is 1. The highest BCUT2D eigenvalue weighted by atomic mass is 79.9. The van der Waals surface area contributed by atoms with Crippen molar-refractivity contribution >= 4 is 33.3 Å². The Labute approximate surface area is 103 Å². The van der Waals surface area contributed by atoms with Crippen molar-refractivity contribution in [1.29, 1.82) is 0 Å². The molecule has 0 heterocycles. The van der Waals surface area contributed by atoms with E-state index in [-0.39, 0.29) is 11.7 Å². The number of carbonyl (C=O) groups is 1. The molecule has 80 valence electrons. The molecule has 15 heavy (non-hydrogen) atoms. The first kappa shape index (κ1) is 11.2. The second kappa shape index (κ2) is 4.26. The van der Waals surface area contributed by atoms with E-state index in [0.29, 0.717) is 5.02 Å². The lowest BCUT2D eigenvalue weighted by Gasteiger charge is -2.24. The highest BCUT2D eigenvalue weighted by Crippen LogP contribution is 2.33. The van der Waals surface area contributed by atoms with Gasteiger partial charge in [0.2, 0.25) is 0 Å². The first-order valence-corrected chi connectivity index (χ1v) is 6.26. The molecule has 1 fully saturated rings. The van der Waals surface area contributed by atoms with E-state index in [1.807, 2.05) is 13.0 Å². The van der Waals surface area contributed by atoms with E-state index in [4.69, 9.17) is 11.6 Å². The molecule has 1 aromatic carbocycles. The minimum absolute atomic E-state index is 0.222. The van der Waals surface area contributed by atoms with Gasteiger partial charge in [-0.1, -0.05) is 34.0 Å². The molecule has 1 aromatic rings. The van der Waals surface area contributed by atoms with Gasteiger partial charge in [0.15, 0.2) is 5.78 Å². The SMILES string of the molecule is Cc1cc(Br)c(C(=O)C2CCC2)cc1Cl. The Morgan fingerprint density at radius 1 is 1.47 bits per heavy atom. The summed E-state index contributed by atoms with van der Waals surface area (Å²) >= 11 is 9.45. The number of hydrogen-bond acceptors (Lipinski definition) is 1. The molecule has 1 nitrogen and oxygen atoms in total. The molecule has 1 saturated carbocycles. The van der Waals surface area contributed by atoms with Gasteiger partial charge in [-0.25, -0.2) is 0 Å². The summed E-state index contributed by atoms with van der Waals surface area (Å²) in [7, 11) is 0. The Balaban J connectivity index is 2.34. The van der Waals surface area contributed by atoms with E-state index >= 15 is 0 Å². The van der Waals surface area contributed by atoms with Gasteiger partial charge in [-0.15, -0.1) is 0 Å². The standard InChI is InChI=1S/C12H12BrClO/c1-7-5-10(13)9(6-11(7)14)12(15)8-3-2-4-8/h5-6,8H,2-4H2,1H3. The highest BCUT2D eigenvalue weighted by molar-refractivity contribution is 9.10. The van der Waals surface area contributed by atoms with E-state index in [0.717, 1.165) is 28.4 Å². The summed E-state index contributed by atoms with van der Waals surface area (Å²) in [6, 6.07) is 3.69. The lowest BCUT2D eigenvalue weighted by molar-refractivity contribution is 0.0854. The summed E-state index contributed by atoms with van der Waals surface area (Å²) in [6.45, 7) is 1.94. The van der Waals surface area contributed by atoms with Crippen molar-refractivity contribution in [1.82, 2.24) is 0 Å². The van der Waals surface area contributed by atoms with Crippen LogP contribution >= 0.6 is 27.5 Å². The van der Waals surface area contributed by atoms with Crippen LogP contribution in [0.1, 0.15) is 35.2 Å². The number of ketones is 1. The van der Waals surface area contributed by atoms with Gasteiger partial charge in [-0.3, -0.25) is 4.79 Å². The number of benzene rings is 1. The van der Waals surface area contributed by atoms with E-state index < -0.39 is 0 Å². The monoisotopic (exact) mass is 286 g/mol. The molecule has 0 saturated heterocycles. The molecule has 1 aliphatic rings. The molecule has 0 aliphatic heterocycles. The molecule has 0 spiro atoms. The largest absolute Gasteiger partial charge is 0.294 e. The average molecular weight is 288 g/mol. The minimum atomic E-state index is 0.222. The molecule has 0 bridgehead atoms. The molecule has 0 N–H and O–H groups in total. The number of halogens is 2. The predicted octanol–water partition coefficient (Wildman–Crippen LogP) is 4.39. The van der Waals surface area contributed by atoms with Crippen LogP contribution in [0, 0.1) is 12.8 Å². The fraction of sp³-hybridized carbons (Fsp3) is 0.417. The zero-order valence-corrected chi connectivity index (χ0v) is 10.9. The minimum Gasteiger partial charge on any atom is -0.294 e. The zero-order valence-electron chi connectivity index (χ0n) is 8.52. The topological polar surface area (TPSA) is 17.1 Å². The van der Waals surface area contributed by atoms with Crippen molar-refractivity contribution in [2.24, 2.45) is 5.92 Å². The van der Waals surface area contributed by atoms with Gasteiger partial charge in [-0.2, -0.15) is 0 Å². The van der Waals surface area contributed by atoms with Crippen LogP contribution in [-0.2, 0) is 0 Å². The second-order valence-electron chi connectivity index (χ2n) is 4.07. The summed E-state index contributed by atoms with van der Waals surface area (Å²) < 4.78 is 0.862. The van der Waals surface area contributed by atoms with E-state index in [1.165, 1.54) is 6.42 Å². The van der Waals surface area contributed by atoms with Crippen LogP contribution in [-0.4, -0.2) is 5.78 Å². The summed E-state index contributed by atoms with van der Waals surface area (Å²) in [5.74, 6) is 0.454. The third-order valence-electron chi connectivity index (χ3n) is 2.99. The Morgan fingerprint density at radius 2 is 2.13 bits per heavy atom. The normalized spacial score (nSPS) is 16.2. The van der Waals surface area contributed by atoms with E-state index in [9.17, 15) is 4.79 Å². The van der Waals surface area contributed by atoms with Crippen LogP contribution in [0.15, 0.2) is 16.6 Å². The molecule has 2 rings (SSSR count). The fourth-order valence-electron chi connectivity index (χ4n) is 1.73. The maximum atomic E-state index is 12.0. The smallest absolute Gasteiger partial charge is 0.167 e. The van der Waals surface area contributed by atoms with Crippen molar-refractivity contribution < 1.29 is 4.79 Å².